The second-order valence-corrected chi connectivity index (χ2v) is 5.86. The Morgan fingerprint density at radius 1 is 1.04 bits per heavy atom. The van der Waals surface area contributed by atoms with Gasteiger partial charge in [0, 0.05) is 12.2 Å². The van der Waals surface area contributed by atoms with Crippen LogP contribution in [-0.4, -0.2) is 38.1 Å². The van der Waals surface area contributed by atoms with Crippen LogP contribution >= 0.6 is 12.4 Å². The van der Waals surface area contributed by atoms with Gasteiger partial charge in [-0.1, -0.05) is 24.3 Å². The molecule has 0 radical (unpaired) electrons. The second kappa shape index (κ2) is 9.30. The Hall–Kier alpha value is -2.04. The zero-order chi connectivity index (χ0) is 16.8. The molecule has 0 aliphatic carbocycles. The number of esters is 1. The molecular formula is C19H25ClN2O2. The van der Waals surface area contributed by atoms with E-state index in [9.17, 15) is 4.79 Å². The number of benzene rings is 2. The highest BCUT2D eigenvalue weighted by atomic mass is 35.5. The van der Waals surface area contributed by atoms with Gasteiger partial charge in [-0.25, -0.2) is 4.79 Å². The number of likely N-dealkylation sites (N-methyl/N-ethyl adjacent to an activating group) is 1. The SMILES string of the molecule is Cc1cccc(Nc2ccccc2C(=O)OCCN(C)C)c1C.Cl. The predicted octanol–water partition coefficient (Wildman–Crippen LogP) is 4.19. The molecule has 0 amide bonds. The first-order chi connectivity index (χ1) is 11.0. The van der Waals surface area contributed by atoms with Gasteiger partial charge in [-0.3, -0.25) is 0 Å². The van der Waals surface area contributed by atoms with Gasteiger partial charge < -0.3 is 15.0 Å². The van der Waals surface area contributed by atoms with E-state index in [-0.39, 0.29) is 18.4 Å². The number of nitrogens with one attached hydrogen (secondary N) is 1. The number of rotatable bonds is 6. The zero-order valence-electron chi connectivity index (χ0n) is 14.6. The molecule has 130 valence electrons. The largest absolute Gasteiger partial charge is 0.461 e. The fraction of sp³-hybridized carbons (Fsp3) is 0.316. The van der Waals surface area contributed by atoms with E-state index in [1.54, 1.807) is 6.07 Å². The van der Waals surface area contributed by atoms with Gasteiger partial charge in [-0.05, 0) is 57.3 Å². The Bertz CT molecular complexity index is 687. The first-order valence-corrected chi connectivity index (χ1v) is 7.73. The van der Waals surface area contributed by atoms with Gasteiger partial charge in [0.1, 0.15) is 6.61 Å². The highest BCUT2D eigenvalue weighted by Crippen LogP contribution is 2.25. The standard InChI is InChI=1S/C19H24N2O2.ClH/c1-14-8-7-11-17(15(14)2)20-18-10-6-5-9-16(18)19(22)23-13-12-21(3)4;/h5-11,20H,12-13H2,1-4H3;1H. The van der Waals surface area contributed by atoms with Crippen molar-refractivity contribution in [1.29, 1.82) is 0 Å². The lowest BCUT2D eigenvalue weighted by Gasteiger charge is -2.15. The number of carbonyl (C=O) groups is 1. The summed E-state index contributed by atoms with van der Waals surface area (Å²) in [6.45, 7) is 5.22. The van der Waals surface area contributed by atoms with E-state index in [4.69, 9.17) is 4.74 Å². The third-order valence-corrected chi connectivity index (χ3v) is 3.79. The van der Waals surface area contributed by atoms with E-state index in [0.717, 1.165) is 11.4 Å². The summed E-state index contributed by atoms with van der Waals surface area (Å²) in [5.41, 5.74) is 4.69. The minimum Gasteiger partial charge on any atom is -0.461 e. The van der Waals surface area contributed by atoms with Crippen LogP contribution in [0.5, 0.6) is 0 Å². The molecule has 0 aromatic heterocycles. The van der Waals surface area contributed by atoms with Gasteiger partial charge >= 0.3 is 5.97 Å². The van der Waals surface area contributed by atoms with Crippen molar-refractivity contribution in [3.63, 3.8) is 0 Å². The summed E-state index contributed by atoms with van der Waals surface area (Å²) in [4.78, 5) is 14.3. The number of anilines is 2. The van der Waals surface area contributed by atoms with Crippen LogP contribution in [0.4, 0.5) is 11.4 Å². The summed E-state index contributed by atoms with van der Waals surface area (Å²) < 4.78 is 5.35. The van der Waals surface area contributed by atoms with E-state index < -0.39 is 0 Å². The molecule has 1 N–H and O–H groups in total. The maximum atomic E-state index is 12.3. The lowest BCUT2D eigenvalue weighted by atomic mass is 10.1. The van der Waals surface area contributed by atoms with E-state index in [2.05, 4.69) is 25.2 Å². The monoisotopic (exact) mass is 348 g/mol. The summed E-state index contributed by atoms with van der Waals surface area (Å²) in [7, 11) is 3.90. The average molecular weight is 349 g/mol. The van der Waals surface area contributed by atoms with Crippen LogP contribution in [0.1, 0.15) is 21.5 Å². The number of nitrogens with zero attached hydrogens (tertiary/aromatic N) is 1. The normalized spacial score (nSPS) is 10.2. The van der Waals surface area contributed by atoms with E-state index in [1.807, 2.05) is 49.3 Å². The minimum absolute atomic E-state index is 0. The van der Waals surface area contributed by atoms with Crippen molar-refractivity contribution in [3.05, 3.63) is 59.2 Å². The van der Waals surface area contributed by atoms with Gasteiger partial charge in [0.05, 0.1) is 11.3 Å². The number of halogens is 1. The quantitative estimate of drug-likeness (QED) is 0.795. The van der Waals surface area contributed by atoms with E-state index in [1.165, 1.54) is 11.1 Å². The molecule has 4 nitrogen and oxygen atoms in total. The molecule has 0 aliphatic rings. The van der Waals surface area contributed by atoms with Crippen LogP contribution in [0.15, 0.2) is 42.5 Å². The molecule has 0 saturated carbocycles. The second-order valence-electron chi connectivity index (χ2n) is 5.86. The number of ether oxygens (including phenoxy) is 1. The fourth-order valence-corrected chi connectivity index (χ4v) is 2.20. The average Bonchev–Trinajstić information content (AvgIpc) is 2.52. The molecule has 2 aromatic carbocycles. The maximum Gasteiger partial charge on any atom is 0.340 e. The van der Waals surface area contributed by atoms with Gasteiger partial charge in [-0.15, -0.1) is 12.4 Å². The van der Waals surface area contributed by atoms with Gasteiger partial charge in [0.2, 0.25) is 0 Å². The predicted molar refractivity (Wildman–Crippen MR) is 102 cm³/mol. The Labute approximate surface area is 150 Å². The summed E-state index contributed by atoms with van der Waals surface area (Å²) in [5.74, 6) is -0.305. The molecular weight excluding hydrogens is 324 g/mol. The minimum atomic E-state index is -0.305. The van der Waals surface area contributed by atoms with Crippen LogP contribution in [-0.2, 0) is 4.74 Å². The number of para-hydroxylation sites is 1. The molecule has 24 heavy (non-hydrogen) atoms. The zero-order valence-corrected chi connectivity index (χ0v) is 15.4. The Kier molecular flexibility index (Phi) is 7.75. The Morgan fingerprint density at radius 2 is 1.71 bits per heavy atom. The van der Waals surface area contributed by atoms with E-state index in [0.29, 0.717) is 18.7 Å². The van der Waals surface area contributed by atoms with Crippen molar-refractivity contribution in [2.24, 2.45) is 0 Å². The number of hydrogen-bond acceptors (Lipinski definition) is 4. The number of hydrogen-bond donors (Lipinski definition) is 1. The maximum absolute atomic E-state index is 12.3. The van der Waals surface area contributed by atoms with Crippen molar-refractivity contribution in [1.82, 2.24) is 4.90 Å². The Morgan fingerprint density at radius 3 is 2.42 bits per heavy atom. The van der Waals surface area contributed by atoms with Crippen molar-refractivity contribution in [2.45, 2.75) is 13.8 Å². The van der Waals surface area contributed by atoms with Crippen LogP contribution < -0.4 is 5.32 Å². The third kappa shape index (κ3) is 5.25. The fourth-order valence-electron chi connectivity index (χ4n) is 2.20. The number of carbonyl (C=O) groups excluding carboxylic acids is 1. The van der Waals surface area contributed by atoms with E-state index >= 15 is 0 Å². The highest BCUT2D eigenvalue weighted by molar-refractivity contribution is 5.96. The summed E-state index contributed by atoms with van der Waals surface area (Å²) in [6, 6.07) is 13.5. The first-order valence-electron chi connectivity index (χ1n) is 7.73. The third-order valence-electron chi connectivity index (χ3n) is 3.79. The molecule has 5 heteroatoms. The van der Waals surface area contributed by atoms with Crippen molar-refractivity contribution in [2.75, 3.05) is 32.6 Å². The van der Waals surface area contributed by atoms with Crippen molar-refractivity contribution in [3.8, 4) is 0 Å². The molecule has 0 aliphatic heterocycles. The molecule has 0 saturated heterocycles. The van der Waals surface area contributed by atoms with Crippen molar-refractivity contribution >= 4 is 29.8 Å². The molecule has 2 rings (SSSR count). The van der Waals surface area contributed by atoms with Gasteiger partial charge in [-0.2, -0.15) is 0 Å². The summed E-state index contributed by atoms with van der Waals surface area (Å²) in [5, 5.41) is 3.35. The van der Waals surface area contributed by atoms with Gasteiger partial charge in [0.15, 0.2) is 0 Å². The summed E-state index contributed by atoms with van der Waals surface area (Å²) in [6.07, 6.45) is 0. The molecule has 0 spiro atoms. The number of aryl methyl sites for hydroxylation is 1. The molecule has 0 unspecified atom stereocenters. The van der Waals surface area contributed by atoms with Crippen molar-refractivity contribution < 1.29 is 9.53 Å². The molecule has 0 bridgehead atoms. The van der Waals surface area contributed by atoms with Gasteiger partial charge in [0.25, 0.3) is 0 Å². The van der Waals surface area contributed by atoms with Crippen LogP contribution in [0, 0.1) is 13.8 Å². The molecule has 0 heterocycles. The molecule has 0 atom stereocenters. The Balaban J connectivity index is 0.00000288. The highest BCUT2D eigenvalue weighted by Gasteiger charge is 2.13. The first kappa shape index (κ1) is 20.0. The topological polar surface area (TPSA) is 41.6 Å². The molecule has 0 fully saturated rings. The van der Waals surface area contributed by atoms with Crippen LogP contribution in [0.2, 0.25) is 0 Å². The van der Waals surface area contributed by atoms with Crippen LogP contribution in [0.25, 0.3) is 0 Å². The van der Waals surface area contributed by atoms with Crippen LogP contribution in [0.3, 0.4) is 0 Å². The lowest BCUT2D eigenvalue weighted by molar-refractivity contribution is 0.0483. The lowest BCUT2D eigenvalue weighted by Crippen LogP contribution is -2.20. The molecule has 2 aromatic rings. The summed E-state index contributed by atoms with van der Waals surface area (Å²) >= 11 is 0. The smallest absolute Gasteiger partial charge is 0.340 e.